The Kier molecular flexibility index (Phi) is 45.0. The van der Waals surface area contributed by atoms with Crippen LogP contribution in [0.5, 0.6) is 0 Å². The number of carbonyl (C=O) groups excluding carboxylic acids is 3. The first-order valence-corrected chi connectivity index (χ1v) is 24.5. The first kappa shape index (κ1) is 55.9. The molecule has 1 unspecified atom stereocenters. The maximum Gasteiger partial charge on any atom is 0.306 e. The number of carbonyl (C=O) groups is 3. The van der Waals surface area contributed by atoms with Gasteiger partial charge in [0.1, 0.15) is 13.2 Å². The van der Waals surface area contributed by atoms with E-state index in [2.05, 4.69) is 93.7 Å². The molecule has 0 aromatic heterocycles. The highest BCUT2D eigenvalue weighted by Crippen LogP contribution is 2.14. The molecular weight excluding hydrogens is 733 g/mol. The Morgan fingerprint density at radius 1 is 0.373 bits per heavy atom. The first-order valence-electron chi connectivity index (χ1n) is 24.5. The van der Waals surface area contributed by atoms with Crippen molar-refractivity contribution in [3.05, 3.63) is 72.9 Å². The largest absolute Gasteiger partial charge is 0.462 e. The van der Waals surface area contributed by atoms with Gasteiger partial charge >= 0.3 is 17.9 Å². The molecule has 0 rings (SSSR count). The first-order chi connectivity index (χ1) is 29.0. The van der Waals surface area contributed by atoms with Crippen LogP contribution in [0.1, 0.15) is 226 Å². The summed E-state index contributed by atoms with van der Waals surface area (Å²) < 4.78 is 16.7. The molecule has 0 spiro atoms. The zero-order valence-electron chi connectivity index (χ0n) is 38.5. The van der Waals surface area contributed by atoms with Crippen LogP contribution in [0.25, 0.3) is 0 Å². The third-order valence-electron chi connectivity index (χ3n) is 10.2. The van der Waals surface area contributed by atoms with Gasteiger partial charge in [-0.2, -0.15) is 0 Å². The van der Waals surface area contributed by atoms with Gasteiger partial charge in [-0.15, -0.1) is 0 Å². The van der Waals surface area contributed by atoms with Crippen LogP contribution < -0.4 is 0 Å². The fourth-order valence-electron chi connectivity index (χ4n) is 6.53. The number of esters is 3. The number of hydrogen-bond acceptors (Lipinski definition) is 6. The van der Waals surface area contributed by atoms with Gasteiger partial charge in [0.15, 0.2) is 6.10 Å². The molecule has 0 aliphatic rings. The molecule has 0 radical (unpaired) electrons. The average Bonchev–Trinajstić information content (AvgIpc) is 3.23. The summed E-state index contributed by atoms with van der Waals surface area (Å²) >= 11 is 0. The number of hydrogen-bond donors (Lipinski definition) is 0. The van der Waals surface area contributed by atoms with E-state index in [1.165, 1.54) is 83.5 Å². The monoisotopic (exact) mass is 823 g/mol. The van der Waals surface area contributed by atoms with Gasteiger partial charge in [-0.25, -0.2) is 0 Å². The van der Waals surface area contributed by atoms with Crippen LogP contribution in [0, 0.1) is 0 Å². The zero-order valence-corrected chi connectivity index (χ0v) is 38.5. The van der Waals surface area contributed by atoms with Crippen molar-refractivity contribution in [3.63, 3.8) is 0 Å². The van der Waals surface area contributed by atoms with Crippen LogP contribution in [-0.2, 0) is 28.6 Å². The van der Waals surface area contributed by atoms with E-state index in [0.717, 1.165) is 103 Å². The fourth-order valence-corrected chi connectivity index (χ4v) is 6.53. The normalized spacial score (nSPS) is 12.7. The summed E-state index contributed by atoms with van der Waals surface area (Å²) in [7, 11) is 0. The van der Waals surface area contributed by atoms with E-state index in [0.29, 0.717) is 19.3 Å². The summed E-state index contributed by atoms with van der Waals surface area (Å²) in [6.45, 7) is 6.41. The molecule has 0 bridgehead atoms. The summed E-state index contributed by atoms with van der Waals surface area (Å²) in [5.41, 5.74) is 0. The second-order valence-electron chi connectivity index (χ2n) is 16.0. The Labute approximate surface area is 363 Å². The topological polar surface area (TPSA) is 78.9 Å². The molecule has 0 aromatic rings. The van der Waals surface area contributed by atoms with E-state index < -0.39 is 6.10 Å². The Morgan fingerprint density at radius 2 is 0.729 bits per heavy atom. The van der Waals surface area contributed by atoms with E-state index >= 15 is 0 Å². The summed E-state index contributed by atoms with van der Waals surface area (Å²) in [5, 5.41) is 0. The summed E-state index contributed by atoms with van der Waals surface area (Å²) in [6, 6.07) is 0. The molecule has 59 heavy (non-hydrogen) atoms. The lowest BCUT2D eigenvalue weighted by molar-refractivity contribution is -0.167. The Balaban J connectivity index is 4.45. The maximum atomic E-state index is 12.8. The molecule has 338 valence electrons. The SMILES string of the molecule is CC/C=C\C/C=C\C/C=C\C/C=C\CCCCCC(=O)OCC(COC(=O)CCCCC/C=C\C=C/CCCC)OC(=O)CCCCCCCCCCCCCCCC. The maximum absolute atomic E-state index is 12.8. The van der Waals surface area contributed by atoms with Crippen molar-refractivity contribution in [2.24, 2.45) is 0 Å². The van der Waals surface area contributed by atoms with Crippen molar-refractivity contribution in [1.29, 1.82) is 0 Å². The average molecular weight is 823 g/mol. The summed E-state index contributed by atoms with van der Waals surface area (Å²) in [4.78, 5) is 37.8. The van der Waals surface area contributed by atoms with Gasteiger partial charge < -0.3 is 14.2 Å². The molecule has 0 saturated carbocycles. The van der Waals surface area contributed by atoms with E-state index in [4.69, 9.17) is 14.2 Å². The van der Waals surface area contributed by atoms with Gasteiger partial charge in [0.25, 0.3) is 0 Å². The van der Waals surface area contributed by atoms with E-state index in [1.807, 2.05) is 0 Å². The lowest BCUT2D eigenvalue weighted by Crippen LogP contribution is -2.30. The predicted octanol–water partition coefficient (Wildman–Crippen LogP) is 15.9. The van der Waals surface area contributed by atoms with Crippen LogP contribution in [0.15, 0.2) is 72.9 Å². The van der Waals surface area contributed by atoms with Gasteiger partial charge in [-0.05, 0) is 77.0 Å². The third kappa shape index (κ3) is 45.8. The van der Waals surface area contributed by atoms with Gasteiger partial charge in [0.2, 0.25) is 0 Å². The van der Waals surface area contributed by atoms with E-state index in [9.17, 15) is 14.4 Å². The minimum Gasteiger partial charge on any atom is -0.462 e. The Hall–Kier alpha value is -3.15. The van der Waals surface area contributed by atoms with Gasteiger partial charge in [-0.1, -0.05) is 203 Å². The molecule has 0 fully saturated rings. The van der Waals surface area contributed by atoms with Crippen LogP contribution in [-0.4, -0.2) is 37.2 Å². The van der Waals surface area contributed by atoms with Crippen LogP contribution in [0.2, 0.25) is 0 Å². The van der Waals surface area contributed by atoms with Crippen LogP contribution >= 0.6 is 0 Å². The second kappa shape index (κ2) is 47.5. The van der Waals surface area contributed by atoms with Crippen LogP contribution in [0.4, 0.5) is 0 Å². The van der Waals surface area contributed by atoms with Crippen molar-refractivity contribution < 1.29 is 28.6 Å². The molecular formula is C53H90O6. The van der Waals surface area contributed by atoms with Crippen molar-refractivity contribution in [3.8, 4) is 0 Å². The van der Waals surface area contributed by atoms with E-state index in [-0.39, 0.29) is 31.1 Å². The number of ether oxygens (including phenoxy) is 3. The minimum absolute atomic E-state index is 0.0986. The van der Waals surface area contributed by atoms with Gasteiger partial charge in [0.05, 0.1) is 0 Å². The summed E-state index contributed by atoms with van der Waals surface area (Å²) in [5.74, 6) is -0.955. The number of unbranched alkanes of at least 4 members (excludes halogenated alkanes) is 21. The molecule has 0 N–H and O–H groups in total. The zero-order chi connectivity index (χ0) is 43.0. The Morgan fingerprint density at radius 3 is 1.19 bits per heavy atom. The lowest BCUT2D eigenvalue weighted by Gasteiger charge is -2.18. The molecule has 0 aliphatic carbocycles. The number of allylic oxidation sites excluding steroid dienone is 12. The highest BCUT2D eigenvalue weighted by molar-refractivity contribution is 5.71. The molecule has 0 heterocycles. The molecule has 0 saturated heterocycles. The lowest BCUT2D eigenvalue weighted by atomic mass is 10.0. The third-order valence-corrected chi connectivity index (χ3v) is 10.2. The molecule has 0 aliphatic heterocycles. The smallest absolute Gasteiger partial charge is 0.306 e. The van der Waals surface area contributed by atoms with E-state index in [1.54, 1.807) is 0 Å². The number of rotatable bonds is 43. The molecule has 6 nitrogen and oxygen atoms in total. The quantitative estimate of drug-likeness (QED) is 0.0200. The summed E-state index contributed by atoms with van der Waals surface area (Å²) in [6.07, 6.45) is 58.8. The van der Waals surface area contributed by atoms with Gasteiger partial charge in [-0.3, -0.25) is 14.4 Å². The minimum atomic E-state index is -0.796. The predicted molar refractivity (Wildman–Crippen MR) is 251 cm³/mol. The van der Waals surface area contributed by atoms with Crippen molar-refractivity contribution in [1.82, 2.24) is 0 Å². The highest BCUT2D eigenvalue weighted by atomic mass is 16.6. The molecule has 0 amide bonds. The molecule has 6 heteroatoms. The highest BCUT2D eigenvalue weighted by Gasteiger charge is 2.19. The standard InChI is InChI=1S/C53H90O6/c1-4-7-10-13-16-19-22-24-26-27-29-31-34-37-40-43-46-52(55)58-49-50(48-57-51(54)45-42-39-36-33-30-21-18-15-12-9-6-3)59-53(56)47-44-41-38-35-32-28-25-23-20-17-14-11-8-5-2/h7,10,15-16,18-19,21,24,26,29-31,50H,4-6,8-9,11-14,17,20,22-23,25,27-28,32-49H2,1-3H3/b10-7-,18-15-,19-16-,26-24-,30-21-,31-29-. The van der Waals surface area contributed by atoms with Crippen LogP contribution in [0.3, 0.4) is 0 Å². The second-order valence-corrected chi connectivity index (χ2v) is 16.0. The van der Waals surface area contributed by atoms with Crippen molar-refractivity contribution >= 4 is 17.9 Å². The van der Waals surface area contributed by atoms with Crippen molar-refractivity contribution in [2.75, 3.05) is 13.2 Å². The Bertz CT molecular complexity index is 1130. The molecule has 1 atom stereocenters. The van der Waals surface area contributed by atoms with Gasteiger partial charge in [0, 0.05) is 19.3 Å². The molecule has 0 aromatic carbocycles. The van der Waals surface area contributed by atoms with Crippen molar-refractivity contribution in [2.45, 2.75) is 232 Å². The fraction of sp³-hybridized carbons (Fsp3) is 0.717.